The summed E-state index contributed by atoms with van der Waals surface area (Å²) in [5.41, 5.74) is -0.473. The number of carbonyl (C=O) groups is 1. The number of anilines is 1. The number of hydrogen-bond donors (Lipinski definition) is 0. The van der Waals surface area contributed by atoms with E-state index in [-0.39, 0.29) is 6.03 Å². The van der Waals surface area contributed by atoms with Gasteiger partial charge in [-0.15, -0.1) is 10.2 Å². The Labute approximate surface area is 139 Å². The topological polar surface area (TPSA) is 84.6 Å². The van der Waals surface area contributed by atoms with Crippen LogP contribution in [0.15, 0.2) is 22.7 Å². The first kappa shape index (κ1) is 14.9. The van der Waals surface area contributed by atoms with Crippen molar-refractivity contribution in [1.29, 1.82) is 0 Å². The van der Waals surface area contributed by atoms with E-state index in [4.69, 9.17) is 9.15 Å². The van der Waals surface area contributed by atoms with Crippen molar-refractivity contribution in [3.63, 3.8) is 0 Å². The zero-order valence-corrected chi connectivity index (χ0v) is 13.9. The summed E-state index contributed by atoms with van der Waals surface area (Å²) in [5.74, 6) is 2.58. The molecular formula is C16H19N5O3. The molecule has 2 bridgehead atoms. The second kappa shape index (κ2) is 5.19. The summed E-state index contributed by atoms with van der Waals surface area (Å²) >= 11 is 0. The summed E-state index contributed by atoms with van der Waals surface area (Å²) in [6.07, 6.45) is 3.38. The van der Waals surface area contributed by atoms with Gasteiger partial charge in [-0.25, -0.2) is 9.78 Å². The van der Waals surface area contributed by atoms with E-state index in [2.05, 4.69) is 15.2 Å². The number of methoxy groups -OCH3 is 1. The molecule has 8 nitrogen and oxygen atoms in total. The maximum atomic E-state index is 13.1. The highest BCUT2D eigenvalue weighted by Gasteiger charge is 2.62. The number of rotatable bonds is 3. The van der Waals surface area contributed by atoms with Crippen LogP contribution in [0.4, 0.5) is 10.6 Å². The molecule has 0 atom stereocenters. The molecule has 2 aliphatic heterocycles. The Kier molecular flexibility index (Phi) is 3.22. The third-order valence-corrected chi connectivity index (χ3v) is 4.94. The summed E-state index contributed by atoms with van der Waals surface area (Å²) in [6.45, 7) is 2.45. The highest BCUT2D eigenvalue weighted by molar-refractivity contribution is 5.93. The maximum Gasteiger partial charge on any atom is 0.326 e. The molecule has 2 amide bonds. The molecule has 0 aromatic carbocycles. The number of nitrogens with zero attached hydrogens (tertiary/aromatic N) is 5. The second-order valence-corrected chi connectivity index (χ2v) is 6.41. The summed E-state index contributed by atoms with van der Waals surface area (Å²) in [6, 6.07) is 3.42. The van der Waals surface area contributed by atoms with Gasteiger partial charge >= 0.3 is 6.03 Å². The minimum atomic E-state index is -0.473. The van der Waals surface area contributed by atoms with Gasteiger partial charge in [-0.2, -0.15) is 0 Å². The SMILES string of the molecule is COc1cccnc1N(C)C(=O)N1CC2CC1(c1nnc(C)o1)C2. The summed E-state index contributed by atoms with van der Waals surface area (Å²) in [7, 11) is 3.27. The van der Waals surface area contributed by atoms with Crippen molar-refractivity contribution >= 4 is 11.8 Å². The molecule has 2 aromatic heterocycles. The molecule has 24 heavy (non-hydrogen) atoms. The van der Waals surface area contributed by atoms with Crippen LogP contribution < -0.4 is 9.64 Å². The molecule has 2 aromatic rings. The van der Waals surface area contributed by atoms with Crippen molar-refractivity contribution in [2.75, 3.05) is 25.6 Å². The lowest BCUT2D eigenvalue weighted by atomic mass is 9.73. The zero-order chi connectivity index (χ0) is 16.9. The number of urea groups is 1. The highest BCUT2D eigenvalue weighted by Crippen LogP contribution is 2.56. The van der Waals surface area contributed by atoms with Gasteiger partial charge in [0.05, 0.1) is 7.11 Å². The number of amides is 2. The van der Waals surface area contributed by atoms with E-state index in [1.165, 1.54) is 4.90 Å². The average molecular weight is 329 g/mol. The van der Waals surface area contributed by atoms with Gasteiger partial charge in [0.2, 0.25) is 11.8 Å². The molecule has 3 fully saturated rings. The highest BCUT2D eigenvalue weighted by atomic mass is 16.5. The van der Waals surface area contributed by atoms with Crippen LogP contribution in [0.3, 0.4) is 0 Å². The molecule has 4 heterocycles. The van der Waals surface area contributed by atoms with Crippen LogP contribution in [-0.2, 0) is 5.54 Å². The van der Waals surface area contributed by atoms with Gasteiger partial charge in [0.25, 0.3) is 0 Å². The molecule has 5 rings (SSSR count). The number of ether oxygens (including phenoxy) is 1. The predicted octanol–water partition coefficient (Wildman–Crippen LogP) is 1.96. The monoisotopic (exact) mass is 329 g/mol. The molecule has 0 spiro atoms. The van der Waals surface area contributed by atoms with E-state index in [1.807, 2.05) is 4.90 Å². The first-order valence-corrected chi connectivity index (χ1v) is 7.90. The number of aryl methyl sites for hydroxylation is 1. The van der Waals surface area contributed by atoms with Crippen LogP contribution in [-0.4, -0.2) is 46.8 Å². The van der Waals surface area contributed by atoms with Gasteiger partial charge in [-0.05, 0) is 30.9 Å². The number of hydrogen-bond acceptors (Lipinski definition) is 6. The van der Waals surface area contributed by atoms with Gasteiger partial charge in [-0.1, -0.05) is 0 Å². The standard InChI is InChI=1S/C16H19N5O3/c1-10-18-19-14(24-10)16-7-11(8-16)9-21(16)15(22)20(2)13-12(23-3)5-4-6-17-13/h4-6,11H,7-9H2,1-3H3. The molecule has 1 saturated carbocycles. The summed E-state index contributed by atoms with van der Waals surface area (Å²) < 4.78 is 11.0. The number of carbonyl (C=O) groups excluding carboxylic acids is 1. The van der Waals surface area contributed by atoms with Crippen molar-refractivity contribution in [3.05, 3.63) is 30.1 Å². The Bertz CT molecular complexity index is 784. The Balaban J connectivity index is 1.64. The van der Waals surface area contributed by atoms with Crippen molar-refractivity contribution in [1.82, 2.24) is 20.1 Å². The molecule has 1 aliphatic carbocycles. The quantitative estimate of drug-likeness (QED) is 0.856. The Morgan fingerprint density at radius 2 is 2.25 bits per heavy atom. The summed E-state index contributed by atoms with van der Waals surface area (Å²) in [5, 5.41) is 8.09. The van der Waals surface area contributed by atoms with Crippen LogP contribution >= 0.6 is 0 Å². The van der Waals surface area contributed by atoms with Crippen LogP contribution in [0.2, 0.25) is 0 Å². The normalized spacial score (nSPS) is 24.6. The van der Waals surface area contributed by atoms with E-state index < -0.39 is 5.54 Å². The largest absolute Gasteiger partial charge is 0.493 e. The lowest BCUT2D eigenvalue weighted by molar-refractivity contribution is 0.0940. The van der Waals surface area contributed by atoms with E-state index in [0.29, 0.717) is 35.8 Å². The van der Waals surface area contributed by atoms with Gasteiger partial charge < -0.3 is 14.1 Å². The van der Waals surface area contributed by atoms with Crippen LogP contribution in [0.25, 0.3) is 0 Å². The lowest BCUT2D eigenvalue weighted by Crippen LogP contribution is -2.50. The minimum Gasteiger partial charge on any atom is -0.493 e. The van der Waals surface area contributed by atoms with Gasteiger partial charge in [0, 0.05) is 26.7 Å². The van der Waals surface area contributed by atoms with Gasteiger partial charge in [0.15, 0.2) is 11.6 Å². The van der Waals surface area contributed by atoms with Crippen molar-refractivity contribution in [3.8, 4) is 5.75 Å². The average Bonchev–Trinajstić information content (AvgIpc) is 3.25. The van der Waals surface area contributed by atoms with E-state index in [1.54, 1.807) is 39.4 Å². The van der Waals surface area contributed by atoms with E-state index in [0.717, 1.165) is 12.8 Å². The molecule has 0 N–H and O–H groups in total. The van der Waals surface area contributed by atoms with E-state index in [9.17, 15) is 4.79 Å². The number of pyridine rings is 1. The van der Waals surface area contributed by atoms with Gasteiger partial charge in [0.1, 0.15) is 5.54 Å². The lowest BCUT2D eigenvalue weighted by Gasteiger charge is -2.39. The van der Waals surface area contributed by atoms with Crippen LogP contribution in [0.1, 0.15) is 24.6 Å². The Morgan fingerprint density at radius 1 is 1.46 bits per heavy atom. The number of aromatic nitrogens is 3. The first-order valence-electron chi connectivity index (χ1n) is 7.90. The van der Waals surface area contributed by atoms with Crippen LogP contribution in [0, 0.1) is 12.8 Å². The first-order chi connectivity index (χ1) is 11.5. The smallest absolute Gasteiger partial charge is 0.326 e. The molecule has 2 saturated heterocycles. The molecule has 126 valence electrons. The summed E-state index contributed by atoms with van der Waals surface area (Å²) in [4.78, 5) is 20.7. The molecular weight excluding hydrogens is 310 g/mol. The van der Waals surface area contributed by atoms with Crippen molar-refractivity contribution in [2.24, 2.45) is 5.92 Å². The third kappa shape index (κ3) is 1.98. The molecule has 8 heteroatoms. The fraction of sp³-hybridized carbons (Fsp3) is 0.500. The number of fused-ring (bicyclic) bond motifs is 1. The molecule has 0 unspecified atom stereocenters. The second-order valence-electron chi connectivity index (χ2n) is 6.41. The van der Waals surface area contributed by atoms with E-state index >= 15 is 0 Å². The van der Waals surface area contributed by atoms with Crippen molar-refractivity contribution < 1.29 is 13.9 Å². The van der Waals surface area contributed by atoms with Crippen LogP contribution in [0.5, 0.6) is 5.75 Å². The fourth-order valence-corrected chi connectivity index (χ4v) is 3.78. The van der Waals surface area contributed by atoms with Crippen molar-refractivity contribution in [2.45, 2.75) is 25.3 Å². The fourth-order valence-electron chi connectivity index (χ4n) is 3.78. The minimum absolute atomic E-state index is 0.136. The maximum absolute atomic E-state index is 13.1. The Morgan fingerprint density at radius 3 is 2.92 bits per heavy atom. The third-order valence-electron chi connectivity index (χ3n) is 4.94. The molecule has 0 radical (unpaired) electrons. The predicted molar refractivity (Wildman–Crippen MR) is 84.7 cm³/mol. The molecule has 3 aliphatic rings. The zero-order valence-electron chi connectivity index (χ0n) is 13.9. The van der Waals surface area contributed by atoms with Gasteiger partial charge in [-0.3, -0.25) is 4.90 Å². The Hall–Kier alpha value is -2.64.